The zero-order chi connectivity index (χ0) is 15.6. The SMILES string of the molecule is Cc1ccc(S(=O)(=O)NCC2CCC(O)C2)cc1C(N)=O. The van der Waals surface area contributed by atoms with E-state index in [1.807, 2.05) is 0 Å². The van der Waals surface area contributed by atoms with E-state index in [0.29, 0.717) is 24.9 Å². The van der Waals surface area contributed by atoms with Gasteiger partial charge in [-0.25, -0.2) is 13.1 Å². The van der Waals surface area contributed by atoms with Crippen LogP contribution < -0.4 is 10.5 Å². The smallest absolute Gasteiger partial charge is 0.249 e. The lowest BCUT2D eigenvalue weighted by Gasteiger charge is -2.12. The fourth-order valence-corrected chi connectivity index (χ4v) is 3.72. The van der Waals surface area contributed by atoms with Gasteiger partial charge in [-0.1, -0.05) is 6.07 Å². The number of nitrogens with two attached hydrogens (primary N) is 1. The van der Waals surface area contributed by atoms with Crippen LogP contribution in [0, 0.1) is 12.8 Å². The van der Waals surface area contributed by atoms with Crippen molar-refractivity contribution in [2.75, 3.05) is 6.54 Å². The summed E-state index contributed by atoms with van der Waals surface area (Å²) in [6, 6.07) is 4.31. The number of hydrogen-bond acceptors (Lipinski definition) is 4. The predicted molar refractivity (Wildman–Crippen MR) is 78.2 cm³/mol. The van der Waals surface area contributed by atoms with Gasteiger partial charge in [-0.3, -0.25) is 4.79 Å². The molecule has 0 radical (unpaired) electrons. The number of aryl methyl sites for hydroxylation is 1. The van der Waals surface area contributed by atoms with Gasteiger partial charge in [0, 0.05) is 12.1 Å². The molecule has 1 amide bonds. The third kappa shape index (κ3) is 3.81. The van der Waals surface area contributed by atoms with Crippen LogP contribution in [0.15, 0.2) is 23.1 Å². The summed E-state index contributed by atoms with van der Waals surface area (Å²) in [6.45, 7) is 1.99. The average molecular weight is 312 g/mol. The number of primary amides is 1. The molecule has 0 spiro atoms. The highest BCUT2D eigenvalue weighted by atomic mass is 32.2. The van der Waals surface area contributed by atoms with Crippen LogP contribution in [0.4, 0.5) is 0 Å². The molecular formula is C14H20N2O4S. The fraction of sp³-hybridized carbons (Fsp3) is 0.500. The molecule has 116 valence electrons. The molecule has 1 aromatic rings. The van der Waals surface area contributed by atoms with Crippen molar-refractivity contribution in [2.24, 2.45) is 11.7 Å². The Kier molecular flexibility index (Phi) is 4.65. The van der Waals surface area contributed by atoms with Crippen LogP contribution in [0.3, 0.4) is 0 Å². The van der Waals surface area contributed by atoms with Crippen molar-refractivity contribution in [3.05, 3.63) is 29.3 Å². The molecule has 1 aliphatic carbocycles. The largest absolute Gasteiger partial charge is 0.393 e. The van der Waals surface area contributed by atoms with E-state index >= 15 is 0 Å². The van der Waals surface area contributed by atoms with E-state index in [-0.39, 0.29) is 22.5 Å². The lowest BCUT2D eigenvalue weighted by molar-refractivity contribution is 0.0999. The minimum Gasteiger partial charge on any atom is -0.393 e. The number of rotatable bonds is 5. The molecule has 7 heteroatoms. The van der Waals surface area contributed by atoms with Gasteiger partial charge < -0.3 is 10.8 Å². The maximum atomic E-state index is 12.2. The Morgan fingerprint density at radius 2 is 2.14 bits per heavy atom. The standard InChI is InChI=1S/C14H20N2O4S/c1-9-2-5-12(7-13(9)14(15)18)21(19,20)16-8-10-3-4-11(17)6-10/h2,5,7,10-11,16-17H,3-4,6,8H2,1H3,(H2,15,18). The first-order valence-corrected chi connectivity index (χ1v) is 8.36. The Bertz CT molecular complexity index is 642. The molecule has 0 aromatic heterocycles. The molecule has 0 heterocycles. The summed E-state index contributed by atoms with van der Waals surface area (Å²) in [7, 11) is -3.68. The molecule has 1 saturated carbocycles. The molecule has 1 fully saturated rings. The van der Waals surface area contributed by atoms with E-state index in [2.05, 4.69) is 4.72 Å². The minimum absolute atomic E-state index is 0.0282. The number of aliphatic hydroxyl groups excluding tert-OH is 1. The Labute approximate surface area is 124 Å². The van der Waals surface area contributed by atoms with Crippen molar-refractivity contribution < 1.29 is 18.3 Å². The van der Waals surface area contributed by atoms with Gasteiger partial charge >= 0.3 is 0 Å². The maximum Gasteiger partial charge on any atom is 0.249 e. The third-order valence-electron chi connectivity index (χ3n) is 3.86. The van der Waals surface area contributed by atoms with Gasteiger partial charge in [-0.15, -0.1) is 0 Å². The van der Waals surface area contributed by atoms with Crippen LogP contribution in [-0.4, -0.2) is 32.1 Å². The summed E-state index contributed by atoms with van der Waals surface area (Å²) in [5.74, 6) is -0.501. The molecule has 2 atom stereocenters. The number of aliphatic hydroxyl groups is 1. The summed E-state index contributed by atoms with van der Waals surface area (Å²) in [4.78, 5) is 11.3. The van der Waals surface area contributed by atoms with Crippen LogP contribution in [0.2, 0.25) is 0 Å². The zero-order valence-electron chi connectivity index (χ0n) is 11.9. The van der Waals surface area contributed by atoms with Crippen molar-refractivity contribution in [1.82, 2.24) is 4.72 Å². The number of amides is 1. The predicted octanol–water partition coefficient (Wildman–Crippen LogP) is 0.533. The number of benzene rings is 1. The van der Waals surface area contributed by atoms with Crippen LogP contribution in [-0.2, 0) is 10.0 Å². The van der Waals surface area contributed by atoms with Crippen LogP contribution in [0.1, 0.15) is 35.2 Å². The molecular weight excluding hydrogens is 292 g/mol. The summed E-state index contributed by atoms with van der Waals surface area (Å²) in [6.07, 6.45) is 1.80. The van der Waals surface area contributed by atoms with E-state index in [1.165, 1.54) is 12.1 Å². The summed E-state index contributed by atoms with van der Waals surface area (Å²) >= 11 is 0. The maximum absolute atomic E-state index is 12.2. The molecule has 0 saturated heterocycles. The van der Waals surface area contributed by atoms with Gasteiger partial charge in [0.2, 0.25) is 15.9 Å². The van der Waals surface area contributed by atoms with E-state index in [9.17, 15) is 18.3 Å². The van der Waals surface area contributed by atoms with Crippen LogP contribution in [0.5, 0.6) is 0 Å². The van der Waals surface area contributed by atoms with E-state index in [4.69, 9.17) is 5.73 Å². The highest BCUT2D eigenvalue weighted by Gasteiger charge is 2.25. The summed E-state index contributed by atoms with van der Waals surface area (Å²) < 4.78 is 27.0. The summed E-state index contributed by atoms with van der Waals surface area (Å²) in [5.41, 5.74) is 6.08. The second-order valence-electron chi connectivity index (χ2n) is 5.53. The second-order valence-corrected chi connectivity index (χ2v) is 7.29. The average Bonchev–Trinajstić information content (AvgIpc) is 2.82. The Balaban J connectivity index is 2.12. The zero-order valence-corrected chi connectivity index (χ0v) is 12.7. The lowest BCUT2D eigenvalue weighted by atomic mass is 10.1. The van der Waals surface area contributed by atoms with Gasteiger partial charge in [-0.2, -0.15) is 0 Å². The van der Waals surface area contributed by atoms with Gasteiger partial charge in [0.25, 0.3) is 0 Å². The molecule has 0 bridgehead atoms. The number of carbonyl (C=O) groups excluding carboxylic acids is 1. The van der Waals surface area contributed by atoms with Crippen LogP contribution in [0.25, 0.3) is 0 Å². The quantitative estimate of drug-likeness (QED) is 0.737. The number of carbonyl (C=O) groups is 1. The van der Waals surface area contributed by atoms with Crippen molar-refractivity contribution in [1.29, 1.82) is 0 Å². The van der Waals surface area contributed by atoms with Gasteiger partial charge in [0.1, 0.15) is 0 Å². The van der Waals surface area contributed by atoms with E-state index < -0.39 is 15.9 Å². The Hall–Kier alpha value is -1.44. The Morgan fingerprint density at radius 1 is 1.43 bits per heavy atom. The normalized spacial score (nSPS) is 22.4. The van der Waals surface area contributed by atoms with Gasteiger partial charge in [-0.05, 0) is 49.8 Å². The fourth-order valence-electron chi connectivity index (χ4n) is 2.58. The number of hydrogen-bond donors (Lipinski definition) is 3. The van der Waals surface area contributed by atoms with Crippen molar-refractivity contribution in [2.45, 2.75) is 37.2 Å². The van der Waals surface area contributed by atoms with Crippen LogP contribution >= 0.6 is 0 Å². The summed E-state index contributed by atoms with van der Waals surface area (Å²) in [5, 5.41) is 9.45. The molecule has 21 heavy (non-hydrogen) atoms. The lowest BCUT2D eigenvalue weighted by Crippen LogP contribution is -2.29. The van der Waals surface area contributed by atoms with Gasteiger partial charge in [0.05, 0.1) is 11.0 Å². The first-order valence-electron chi connectivity index (χ1n) is 6.88. The molecule has 6 nitrogen and oxygen atoms in total. The Morgan fingerprint density at radius 3 is 2.71 bits per heavy atom. The molecule has 0 aliphatic heterocycles. The minimum atomic E-state index is -3.68. The highest BCUT2D eigenvalue weighted by molar-refractivity contribution is 7.89. The molecule has 2 unspecified atom stereocenters. The van der Waals surface area contributed by atoms with E-state index in [0.717, 1.165) is 6.42 Å². The van der Waals surface area contributed by atoms with Crippen molar-refractivity contribution in [3.8, 4) is 0 Å². The molecule has 1 aromatic carbocycles. The number of sulfonamides is 1. The molecule has 2 rings (SSSR count). The van der Waals surface area contributed by atoms with Crippen molar-refractivity contribution >= 4 is 15.9 Å². The number of nitrogens with one attached hydrogen (secondary N) is 1. The van der Waals surface area contributed by atoms with E-state index in [1.54, 1.807) is 13.0 Å². The second kappa shape index (κ2) is 6.13. The van der Waals surface area contributed by atoms with Crippen molar-refractivity contribution in [3.63, 3.8) is 0 Å². The topological polar surface area (TPSA) is 109 Å². The third-order valence-corrected chi connectivity index (χ3v) is 5.28. The highest BCUT2D eigenvalue weighted by Crippen LogP contribution is 2.25. The molecule has 4 N–H and O–H groups in total. The first-order chi connectivity index (χ1) is 9.79. The first kappa shape index (κ1) is 15.9. The monoisotopic (exact) mass is 312 g/mol. The molecule has 1 aliphatic rings. The van der Waals surface area contributed by atoms with Gasteiger partial charge in [0.15, 0.2) is 0 Å².